The van der Waals surface area contributed by atoms with Crippen molar-refractivity contribution in [1.82, 2.24) is 0 Å². The van der Waals surface area contributed by atoms with Crippen molar-refractivity contribution in [3.05, 3.63) is 33.9 Å². The minimum absolute atomic E-state index is 0.0625. The summed E-state index contributed by atoms with van der Waals surface area (Å²) in [6, 6.07) is 3.96. The summed E-state index contributed by atoms with van der Waals surface area (Å²) < 4.78 is 0. The number of anilines is 1. The van der Waals surface area contributed by atoms with Crippen LogP contribution in [0.2, 0.25) is 0 Å². The van der Waals surface area contributed by atoms with Crippen LogP contribution in [0.15, 0.2) is 18.2 Å². The van der Waals surface area contributed by atoms with Crippen LogP contribution < -0.4 is 4.90 Å². The van der Waals surface area contributed by atoms with Gasteiger partial charge in [-0.1, -0.05) is 19.4 Å². The molecule has 1 rings (SSSR count). The van der Waals surface area contributed by atoms with E-state index in [-0.39, 0.29) is 30.1 Å². The molecule has 110 valence electrons. The van der Waals surface area contributed by atoms with Gasteiger partial charge in [0.25, 0.3) is 5.69 Å². The van der Waals surface area contributed by atoms with Crippen LogP contribution in [-0.4, -0.2) is 40.8 Å². The number of aliphatic hydroxyl groups excluding tert-OH is 1. The van der Waals surface area contributed by atoms with Gasteiger partial charge in [0.1, 0.15) is 5.69 Å². The molecular formula is C13H18N2O5. The normalized spacial score (nSPS) is 10.3. The summed E-state index contributed by atoms with van der Waals surface area (Å²) in [5, 5.41) is 29.4. The molecule has 20 heavy (non-hydrogen) atoms. The van der Waals surface area contributed by atoms with Gasteiger partial charge in [0, 0.05) is 19.2 Å². The number of carboxylic acid groups (broad SMARTS) is 1. The van der Waals surface area contributed by atoms with Crippen LogP contribution in [0.5, 0.6) is 0 Å². The predicted octanol–water partition coefficient (Wildman–Crippen LogP) is 1.89. The molecule has 0 atom stereocenters. The molecule has 1 aromatic rings. The van der Waals surface area contributed by atoms with Crippen molar-refractivity contribution in [3.8, 4) is 0 Å². The average molecular weight is 282 g/mol. The van der Waals surface area contributed by atoms with E-state index in [1.54, 1.807) is 4.90 Å². The number of nitro groups is 1. The van der Waals surface area contributed by atoms with Crippen LogP contribution in [0, 0.1) is 10.1 Å². The molecular weight excluding hydrogens is 264 g/mol. The van der Waals surface area contributed by atoms with Crippen molar-refractivity contribution in [2.24, 2.45) is 0 Å². The fraction of sp³-hybridized carbons (Fsp3) is 0.462. The number of hydrogen-bond donors (Lipinski definition) is 2. The maximum absolute atomic E-state index is 11.3. The number of nitro benzene ring substituents is 1. The number of benzene rings is 1. The van der Waals surface area contributed by atoms with E-state index >= 15 is 0 Å². The fourth-order valence-corrected chi connectivity index (χ4v) is 1.99. The third-order valence-corrected chi connectivity index (χ3v) is 2.91. The lowest BCUT2D eigenvalue weighted by Gasteiger charge is -2.24. The largest absolute Gasteiger partial charge is 0.478 e. The number of carboxylic acids is 1. The summed E-state index contributed by atoms with van der Waals surface area (Å²) >= 11 is 0. The van der Waals surface area contributed by atoms with Gasteiger partial charge in [-0.05, 0) is 12.5 Å². The molecule has 0 aliphatic carbocycles. The summed E-state index contributed by atoms with van der Waals surface area (Å²) in [7, 11) is 0. The van der Waals surface area contributed by atoms with E-state index in [1.165, 1.54) is 18.2 Å². The number of rotatable bonds is 8. The zero-order valence-electron chi connectivity index (χ0n) is 11.3. The highest BCUT2D eigenvalue weighted by Crippen LogP contribution is 2.32. The lowest BCUT2D eigenvalue weighted by atomic mass is 10.1. The van der Waals surface area contributed by atoms with E-state index in [2.05, 4.69) is 0 Å². The summed E-state index contributed by atoms with van der Waals surface area (Å²) in [6.07, 6.45) is 1.62. The Labute approximate surface area is 116 Å². The first-order chi connectivity index (χ1) is 9.52. The fourth-order valence-electron chi connectivity index (χ4n) is 1.99. The quantitative estimate of drug-likeness (QED) is 0.557. The molecule has 0 aromatic heterocycles. The lowest BCUT2D eigenvalue weighted by Crippen LogP contribution is -2.30. The number of unbranched alkanes of at least 4 members (excludes halogenated alkanes) is 1. The Hall–Kier alpha value is -2.15. The molecule has 0 saturated heterocycles. The average Bonchev–Trinajstić information content (AvgIpc) is 2.42. The van der Waals surface area contributed by atoms with Crippen molar-refractivity contribution < 1.29 is 19.9 Å². The summed E-state index contributed by atoms with van der Waals surface area (Å²) in [5.74, 6) is -1.22. The van der Waals surface area contributed by atoms with Gasteiger partial charge >= 0.3 is 5.97 Å². The van der Waals surface area contributed by atoms with Crippen molar-refractivity contribution in [2.45, 2.75) is 19.8 Å². The van der Waals surface area contributed by atoms with E-state index in [0.717, 1.165) is 12.8 Å². The zero-order chi connectivity index (χ0) is 15.1. The molecule has 0 radical (unpaired) electrons. The summed E-state index contributed by atoms with van der Waals surface area (Å²) in [4.78, 5) is 23.3. The van der Waals surface area contributed by atoms with Crippen molar-refractivity contribution in [3.63, 3.8) is 0 Å². The Bertz CT molecular complexity index is 457. The van der Waals surface area contributed by atoms with Gasteiger partial charge < -0.3 is 15.1 Å². The molecule has 0 saturated carbocycles. The maximum Gasteiger partial charge on any atom is 0.338 e. The van der Waals surface area contributed by atoms with Crippen LogP contribution in [0.1, 0.15) is 30.1 Å². The van der Waals surface area contributed by atoms with E-state index in [0.29, 0.717) is 6.54 Å². The van der Waals surface area contributed by atoms with Gasteiger partial charge in [-0.2, -0.15) is 0 Å². The highest BCUT2D eigenvalue weighted by Gasteiger charge is 2.25. The number of hydrogen-bond acceptors (Lipinski definition) is 5. The van der Waals surface area contributed by atoms with Crippen molar-refractivity contribution >= 4 is 17.3 Å². The molecule has 0 bridgehead atoms. The minimum atomic E-state index is -1.22. The first kappa shape index (κ1) is 15.9. The van der Waals surface area contributed by atoms with Gasteiger partial charge in [0.05, 0.1) is 17.1 Å². The topological polar surface area (TPSA) is 104 Å². The minimum Gasteiger partial charge on any atom is -0.478 e. The predicted molar refractivity (Wildman–Crippen MR) is 74.3 cm³/mol. The maximum atomic E-state index is 11.3. The van der Waals surface area contributed by atoms with Gasteiger partial charge in [-0.25, -0.2) is 4.79 Å². The van der Waals surface area contributed by atoms with Crippen LogP contribution in [0.4, 0.5) is 11.4 Å². The number of aliphatic hydroxyl groups is 1. The monoisotopic (exact) mass is 282 g/mol. The van der Waals surface area contributed by atoms with Gasteiger partial charge in [0.15, 0.2) is 0 Å². The Morgan fingerprint density at radius 3 is 2.60 bits per heavy atom. The van der Waals surface area contributed by atoms with Gasteiger partial charge in [0.2, 0.25) is 0 Å². The first-order valence-electron chi connectivity index (χ1n) is 6.39. The molecule has 0 amide bonds. The Morgan fingerprint density at radius 2 is 2.10 bits per heavy atom. The van der Waals surface area contributed by atoms with Crippen LogP contribution >= 0.6 is 0 Å². The van der Waals surface area contributed by atoms with Crippen LogP contribution in [0.3, 0.4) is 0 Å². The lowest BCUT2D eigenvalue weighted by molar-refractivity contribution is -0.384. The second-order valence-electron chi connectivity index (χ2n) is 4.30. The molecule has 7 nitrogen and oxygen atoms in total. The van der Waals surface area contributed by atoms with E-state index in [1.807, 2.05) is 6.92 Å². The summed E-state index contributed by atoms with van der Waals surface area (Å²) in [6.45, 7) is 2.39. The van der Waals surface area contributed by atoms with E-state index in [9.17, 15) is 20.0 Å². The van der Waals surface area contributed by atoms with Crippen LogP contribution in [0.25, 0.3) is 0 Å². The second-order valence-corrected chi connectivity index (χ2v) is 4.30. The Morgan fingerprint density at radius 1 is 1.40 bits per heavy atom. The van der Waals surface area contributed by atoms with E-state index in [4.69, 9.17) is 5.11 Å². The number of nitrogens with zero attached hydrogens (tertiary/aromatic N) is 2. The zero-order valence-corrected chi connectivity index (χ0v) is 11.3. The molecule has 0 aliphatic rings. The SMILES string of the molecule is CCCCN(CCO)c1c(C(=O)O)cccc1[N+](=O)[O-]. The Kier molecular flexibility index (Phi) is 5.92. The number of para-hydroxylation sites is 1. The summed E-state index contributed by atoms with van der Waals surface area (Å²) in [5.41, 5.74) is -0.314. The third-order valence-electron chi connectivity index (χ3n) is 2.91. The van der Waals surface area contributed by atoms with Crippen molar-refractivity contribution in [2.75, 3.05) is 24.6 Å². The molecule has 0 unspecified atom stereocenters. The van der Waals surface area contributed by atoms with Gasteiger partial charge in [-0.3, -0.25) is 10.1 Å². The number of carbonyl (C=O) groups is 1. The molecule has 1 aromatic carbocycles. The smallest absolute Gasteiger partial charge is 0.338 e. The first-order valence-corrected chi connectivity index (χ1v) is 6.39. The highest BCUT2D eigenvalue weighted by molar-refractivity contribution is 5.97. The molecule has 0 fully saturated rings. The standard InChI is InChI=1S/C13H18N2O5/c1-2-3-7-14(8-9-16)12-10(13(17)18)5-4-6-11(12)15(19)20/h4-6,16H,2-3,7-9H2,1H3,(H,17,18). The molecule has 0 aliphatic heterocycles. The molecule has 7 heteroatoms. The molecule has 0 heterocycles. The van der Waals surface area contributed by atoms with Crippen molar-refractivity contribution in [1.29, 1.82) is 0 Å². The number of aromatic carboxylic acids is 1. The Balaban J connectivity index is 3.34. The van der Waals surface area contributed by atoms with E-state index < -0.39 is 10.9 Å². The molecule has 2 N–H and O–H groups in total. The third kappa shape index (κ3) is 3.67. The molecule has 0 spiro atoms. The second kappa shape index (κ2) is 7.44. The van der Waals surface area contributed by atoms with Crippen LogP contribution in [-0.2, 0) is 0 Å². The van der Waals surface area contributed by atoms with Gasteiger partial charge in [-0.15, -0.1) is 0 Å². The highest BCUT2D eigenvalue weighted by atomic mass is 16.6.